The van der Waals surface area contributed by atoms with Crippen LogP contribution in [0.3, 0.4) is 0 Å². The number of methoxy groups -OCH3 is 2. The second kappa shape index (κ2) is 26.7. The Bertz CT molecular complexity index is 2450. The van der Waals surface area contributed by atoms with Crippen molar-refractivity contribution in [2.45, 2.75) is 33.1 Å². The van der Waals surface area contributed by atoms with E-state index in [9.17, 15) is 9.59 Å². The van der Waals surface area contributed by atoms with Crippen LogP contribution in [-0.2, 0) is 41.3 Å². The van der Waals surface area contributed by atoms with Gasteiger partial charge in [-0.2, -0.15) is 0 Å². The SMILES string of the molecule is COCCOc1cc(CCCc2ccc3c4c(cccc24)C(=O)N(CCOC)C3=O)ccc1N1CCOc2cc(C)ccc2N2CCOCCOCCN(CCOCCOCC2)c2ccc(C)cc2OCC1. The van der Waals surface area contributed by atoms with E-state index in [1.165, 1.54) is 4.90 Å². The minimum Gasteiger partial charge on any atom is -0.490 e. The van der Waals surface area contributed by atoms with Crippen LogP contribution in [0.2, 0.25) is 0 Å². The van der Waals surface area contributed by atoms with Gasteiger partial charge in [0.05, 0.1) is 103 Å². The van der Waals surface area contributed by atoms with E-state index in [0.29, 0.717) is 130 Å². The fourth-order valence-electron chi connectivity index (χ4n) is 9.55. The normalized spacial score (nSPS) is 17.0. The Kier molecular flexibility index (Phi) is 19.4. The molecule has 5 aromatic rings. The number of fused-ring (bicyclic) bond motifs is 20. The van der Waals surface area contributed by atoms with Crippen LogP contribution in [0, 0.1) is 13.8 Å². The standard InChI is InChI=1S/C57H72N4O11/c1-42-11-16-49-52(39-42)70-31-23-60(24-32-71-53-40-43(2)12-17-50(53)59-21-29-68-36-34-66-27-19-58(49)20-28-67-35-37-69-30-22-59)51-18-13-44(41-54(51)72-38-33-65-4)7-5-8-45-14-15-48-55-46(45)9-6-10-47(55)56(62)61(57(48)63)25-26-64-3/h6,9-18,39-41H,5,7-8,19-38H2,1-4H3. The lowest BCUT2D eigenvalue weighted by atomic mass is 9.89. The summed E-state index contributed by atoms with van der Waals surface area (Å²) in [5.74, 6) is 1.78. The first-order valence-corrected chi connectivity index (χ1v) is 25.5. The van der Waals surface area contributed by atoms with Crippen LogP contribution in [0.4, 0.5) is 17.1 Å². The molecule has 5 aromatic carbocycles. The number of ether oxygens (including phenoxy) is 9. The largest absolute Gasteiger partial charge is 0.490 e. The van der Waals surface area contributed by atoms with Crippen LogP contribution < -0.4 is 28.9 Å². The summed E-state index contributed by atoms with van der Waals surface area (Å²) in [6, 6.07) is 28.8. The Morgan fingerprint density at radius 1 is 0.514 bits per heavy atom. The molecule has 15 heteroatoms. The zero-order valence-electron chi connectivity index (χ0n) is 42.6. The Hall–Kier alpha value is -5.94. The van der Waals surface area contributed by atoms with Crippen molar-refractivity contribution in [2.24, 2.45) is 0 Å². The quantitative estimate of drug-likeness (QED) is 0.0692. The monoisotopic (exact) mass is 989 g/mol. The highest BCUT2D eigenvalue weighted by Gasteiger charge is 2.33. The molecule has 15 nitrogen and oxygen atoms in total. The molecular formula is C57H72N4O11. The summed E-state index contributed by atoms with van der Waals surface area (Å²) in [4.78, 5) is 35.1. The molecule has 72 heavy (non-hydrogen) atoms. The highest BCUT2D eigenvalue weighted by Crippen LogP contribution is 2.36. The molecule has 4 heterocycles. The molecule has 2 bridgehead atoms. The van der Waals surface area contributed by atoms with Crippen molar-refractivity contribution in [3.63, 3.8) is 0 Å². The summed E-state index contributed by atoms with van der Waals surface area (Å²) < 4.78 is 55.2. The smallest absolute Gasteiger partial charge is 0.261 e. The number of hydrogen-bond donors (Lipinski definition) is 0. The number of aryl methyl sites for hydroxylation is 4. The average molecular weight is 989 g/mol. The molecule has 1 fully saturated rings. The van der Waals surface area contributed by atoms with E-state index in [4.69, 9.17) is 42.6 Å². The second-order valence-electron chi connectivity index (χ2n) is 18.3. The first-order chi connectivity index (χ1) is 35.3. The third-order valence-corrected chi connectivity index (χ3v) is 13.3. The lowest BCUT2D eigenvalue weighted by molar-refractivity contribution is 0.0435. The zero-order chi connectivity index (χ0) is 50.1. The number of amides is 2. The maximum Gasteiger partial charge on any atom is 0.261 e. The third kappa shape index (κ3) is 13.6. The Balaban J connectivity index is 1.07. The molecule has 0 atom stereocenters. The molecule has 9 rings (SSSR count). The van der Waals surface area contributed by atoms with Crippen molar-refractivity contribution >= 4 is 39.6 Å². The van der Waals surface area contributed by atoms with Gasteiger partial charge in [-0.3, -0.25) is 14.5 Å². The van der Waals surface area contributed by atoms with E-state index in [-0.39, 0.29) is 25.0 Å². The first kappa shape index (κ1) is 52.4. The molecule has 4 aliphatic heterocycles. The van der Waals surface area contributed by atoms with Crippen LogP contribution in [0.1, 0.15) is 49.4 Å². The van der Waals surface area contributed by atoms with Crippen LogP contribution in [-0.4, -0.2) is 163 Å². The van der Waals surface area contributed by atoms with Gasteiger partial charge < -0.3 is 57.3 Å². The van der Waals surface area contributed by atoms with E-state index in [1.54, 1.807) is 14.2 Å². The molecule has 0 unspecified atom stereocenters. The number of rotatable bonds is 12. The van der Waals surface area contributed by atoms with E-state index in [0.717, 1.165) is 86.6 Å². The molecule has 0 radical (unpaired) electrons. The highest BCUT2D eigenvalue weighted by atomic mass is 16.5. The number of hydrogen-bond acceptors (Lipinski definition) is 14. The molecule has 0 saturated carbocycles. The number of imide groups is 1. The zero-order valence-corrected chi connectivity index (χ0v) is 42.6. The molecule has 4 aliphatic rings. The number of anilines is 3. The van der Waals surface area contributed by atoms with Crippen molar-refractivity contribution < 1.29 is 52.2 Å². The number of carbonyl (C=O) groups excluding carboxylic acids is 2. The summed E-state index contributed by atoms with van der Waals surface area (Å²) >= 11 is 0. The summed E-state index contributed by atoms with van der Waals surface area (Å²) in [6.45, 7) is 14.0. The van der Waals surface area contributed by atoms with Crippen molar-refractivity contribution in [1.82, 2.24) is 4.90 Å². The fraction of sp³-hybridized carbons (Fsp3) is 0.474. The van der Waals surface area contributed by atoms with Crippen LogP contribution in [0.25, 0.3) is 10.8 Å². The fourth-order valence-corrected chi connectivity index (χ4v) is 9.55. The van der Waals surface area contributed by atoms with Gasteiger partial charge in [0, 0.05) is 56.9 Å². The molecule has 2 amide bonds. The molecule has 0 N–H and O–H groups in total. The third-order valence-electron chi connectivity index (χ3n) is 13.3. The Morgan fingerprint density at radius 3 is 1.61 bits per heavy atom. The minimum absolute atomic E-state index is 0.210. The van der Waals surface area contributed by atoms with E-state index >= 15 is 0 Å². The van der Waals surface area contributed by atoms with Gasteiger partial charge in [-0.05, 0) is 109 Å². The van der Waals surface area contributed by atoms with Crippen LogP contribution in [0.5, 0.6) is 17.2 Å². The van der Waals surface area contributed by atoms with Gasteiger partial charge in [-0.15, -0.1) is 0 Å². The van der Waals surface area contributed by atoms with E-state index in [2.05, 4.69) is 83.1 Å². The topological polar surface area (TPSA) is 130 Å². The van der Waals surface area contributed by atoms with Crippen LogP contribution in [0.15, 0.2) is 84.9 Å². The van der Waals surface area contributed by atoms with Gasteiger partial charge in [0.1, 0.15) is 37.1 Å². The van der Waals surface area contributed by atoms with Gasteiger partial charge in [0.25, 0.3) is 11.8 Å². The highest BCUT2D eigenvalue weighted by molar-refractivity contribution is 6.25. The van der Waals surface area contributed by atoms with Gasteiger partial charge in [0.2, 0.25) is 0 Å². The maximum atomic E-state index is 13.5. The molecular weight excluding hydrogens is 917 g/mol. The lowest BCUT2D eigenvalue weighted by Crippen LogP contribution is -2.42. The predicted molar refractivity (Wildman–Crippen MR) is 280 cm³/mol. The molecule has 1 saturated heterocycles. The lowest BCUT2D eigenvalue weighted by Gasteiger charge is -2.30. The van der Waals surface area contributed by atoms with Crippen molar-refractivity contribution in [3.05, 3.63) is 118 Å². The summed E-state index contributed by atoms with van der Waals surface area (Å²) in [5, 5.41) is 1.67. The van der Waals surface area contributed by atoms with Gasteiger partial charge in [-0.25, -0.2) is 0 Å². The molecule has 0 spiro atoms. The maximum absolute atomic E-state index is 13.5. The second-order valence-corrected chi connectivity index (χ2v) is 18.3. The molecule has 386 valence electrons. The first-order valence-electron chi connectivity index (χ1n) is 25.5. The van der Waals surface area contributed by atoms with E-state index < -0.39 is 0 Å². The number of carbonyl (C=O) groups is 2. The minimum atomic E-state index is -0.283. The molecule has 0 aromatic heterocycles. The van der Waals surface area contributed by atoms with Crippen molar-refractivity contribution in [3.8, 4) is 17.2 Å². The Morgan fingerprint density at radius 2 is 1.04 bits per heavy atom. The number of benzene rings is 5. The number of nitrogens with zero attached hydrogens (tertiary/aromatic N) is 4. The van der Waals surface area contributed by atoms with Gasteiger partial charge in [-0.1, -0.05) is 36.4 Å². The van der Waals surface area contributed by atoms with Crippen molar-refractivity contribution in [1.29, 1.82) is 0 Å². The van der Waals surface area contributed by atoms with Crippen molar-refractivity contribution in [2.75, 3.05) is 161 Å². The van der Waals surface area contributed by atoms with Gasteiger partial charge in [0.15, 0.2) is 0 Å². The van der Waals surface area contributed by atoms with Gasteiger partial charge >= 0.3 is 0 Å². The van der Waals surface area contributed by atoms with Crippen LogP contribution >= 0.6 is 0 Å². The summed E-state index contributed by atoms with van der Waals surface area (Å²) in [7, 11) is 3.24. The average Bonchev–Trinajstić information content (AvgIpc) is 3.38. The molecule has 0 aliphatic carbocycles. The predicted octanol–water partition coefficient (Wildman–Crippen LogP) is 7.57. The van der Waals surface area contributed by atoms with E-state index in [1.807, 2.05) is 30.3 Å². The Labute approximate surface area is 424 Å². The summed E-state index contributed by atoms with van der Waals surface area (Å²) in [5.41, 5.74) is 8.42. The summed E-state index contributed by atoms with van der Waals surface area (Å²) in [6.07, 6.45) is 2.38.